The SMILES string of the molecule is C[n+]1ccc(CCC(C)(C)C)cc1. The molecule has 1 rings (SSSR count). The zero-order valence-electron chi connectivity index (χ0n) is 9.17. The predicted molar refractivity (Wildman–Crippen MR) is 55.4 cm³/mol. The first-order valence-electron chi connectivity index (χ1n) is 4.91. The van der Waals surface area contributed by atoms with Gasteiger partial charge in [-0.2, -0.15) is 0 Å². The van der Waals surface area contributed by atoms with E-state index in [4.69, 9.17) is 0 Å². The summed E-state index contributed by atoms with van der Waals surface area (Å²) in [6, 6.07) is 4.40. The summed E-state index contributed by atoms with van der Waals surface area (Å²) in [7, 11) is 2.05. The van der Waals surface area contributed by atoms with Crippen molar-refractivity contribution < 1.29 is 4.57 Å². The van der Waals surface area contributed by atoms with Crippen LogP contribution in [0.25, 0.3) is 0 Å². The van der Waals surface area contributed by atoms with Crippen molar-refractivity contribution in [3.63, 3.8) is 0 Å². The summed E-state index contributed by atoms with van der Waals surface area (Å²) in [4.78, 5) is 0. The molecule has 0 N–H and O–H groups in total. The molecule has 0 aliphatic rings. The van der Waals surface area contributed by atoms with E-state index >= 15 is 0 Å². The molecule has 0 amide bonds. The molecular formula is C12H20N+. The molecule has 0 saturated heterocycles. The fraction of sp³-hybridized carbons (Fsp3) is 0.583. The number of pyridine rings is 1. The van der Waals surface area contributed by atoms with Gasteiger partial charge >= 0.3 is 0 Å². The molecule has 0 aliphatic carbocycles. The molecule has 0 bridgehead atoms. The van der Waals surface area contributed by atoms with E-state index in [9.17, 15) is 0 Å². The van der Waals surface area contributed by atoms with E-state index in [0.717, 1.165) is 0 Å². The molecule has 72 valence electrons. The minimum absolute atomic E-state index is 0.442. The topological polar surface area (TPSA) is 3.88 Å². The first-order valence-corrected chi connectivity index (χ1v) is 4.91. The minimum atomic E-state index is 0.442. The number of hydrogen-bond acceptors (Lipinski definition) is 0. The Morgan fingerprint density at radius 1 is 1.15 bits per heavy atom. The van der Waals surface area contributed by atoms with E-state index in [1.165, 1.54) is 18.4 Å². The van der Waals surface area contributed by atoms with Crippen LogP contribution in [0.2, 0.25) is 0 Å². The summed E-state index contributed by atoms with van der Waals surface area (Å²) in [5.74, 6) is 0. The van der Waals surface area contributed by atoms with Crippen molar-refractivity contribution in [2.24, 2.45) is 12.5 Å². The van der Waals surface area contributed by atoms with Gasteiger partial charge < -0.3 is 0 Å². The van der Waals surface area contributed by atoms with Crippen molar-refractivity contribution in [1.29, 1.82) is 0 Å². The molecule has 0 radical (unpaired) electrons. The molecule has 0 atom stereocenters. The summed E-state index contributed by atoms with van der Waals surface area (Å²) in [5, 5.41) is 0. The number of hydrogen-bond donors (Lipinski definition) is 0. The zero-order chi connectivity index (χ0) is 9.90. The lowest BCUT2D eigenvalue weighted by Gasteiger charge is -2.17. The maximum Gasteiger partial charge on any atom is 0.168 e. The normalized spacial score (nSPS) is 11.7. The van der Waals surface area contributed by atoms with Gasteiger partial charge in [-0.05, 0) is 23.8 Å². The Morgan fingerprint density at radius 3 is 2.15 bits per heavy atom. The van der Waals surface area contributed by atoms with E-state index in [-0.39, 0.29) is 0 Å². The van der Waals surface area contributed by atoms with Crippen LogP contribution in [-0.4, -0.2) is 0 Å². The van der Waals surface area contributed by atoms with Crippen LogP contribution in [0.15, 0.2) is 24.5 Å². The highest BCUT2D eigenvalue weighted by molar-refractivity contribution is 5.07. The van der Waals surface area contributed by atoms with Gasteiger partial charge in [0.05, 0.1) is 0 Å². The van der Waals surface area contributed by atoms with Crippen LogP contribution < -0.4 is 4.57 Å². The van der Waals surface area contributed by atoms with Gasteiger partial charge in [0.2, 0.25) is 0 Å². The molecule has 13 heavy (non-hydrogen) atoms. The molecule has 1 aromatic rings. The van der Waals surface area contributed by atoms with Crippen molar-refractivity contribution in [2.45, 2.75) is 33.6 Å². The second-order valence-electron chi connectivity index (χ2n) is 4.93. The first-order chi connectivity index (χ1) is 5.97. The Bertz CT molecular complexity index is 253. The lowest BCUT2D eigenvalue weighted by molar-refractivity contribution is -0.671. The Morgan fingerprint density at radius 2 is 1.69 bits per heavy atom. The Balaban J connectivity index is 2.51. The summed E-state index contributed by atoms with van der Waals surface area (Å²) in [5.41, 5.74) is 1.88. The second kappa shape index (κ2) is 3.91. The molecule has 0 saturated carbocycles. The average molecular weight is 178 g/mol. The standard InChI is InChI=1S/C12H20N/c1-12(2,3)8-5-11-6-9-13(4)10-7-11/h6-7,9-10H,5,8H2,1-4H3/q+1. The van der Waals surface area contributed by atoms with Crippen molar-refractivity contribution in [3.05, 3.63) is 30.1 Å². The smallest absolute Gasteiger partial charge is 0.168 e. The quantitative estimate of drug-likeness (QED) is 0.613. The number of aromatic nitrogens is 1. The number of nitrogens with zero attached hydrogens (tertiary/aromatic N) is 1. The number of aryl methyl sites for hydroxylation is 2. The van der Waals surface area contributed by atoms with Crippen LogP contribution in [0.4, 0.5) is 0 Å². The van der Waals surface area contributed by atoms with Crippen molar-refractivity contribution in [1.82, 2.24) is 0 Å². The van der Waals surface area contributed by atoms with Crippen LogP contribution in [0, 0.1) is 5.41 Å². The molecule has 1 heteroatoms. The lowest BCUT2D eigenvalue weighted by atomic mass is 9.89. The maximum absolute atomic E-state index is 2.29. The maximum atomic E-state index is 2.29. The number of rotatable bonds is 2. The largest absolute Gasteiger partial charge is 0.208 e. The lowest BCUT2D eigenvalue weighted by Crippen LogP contribution is -2.26. The minimum Gasteiger partial charge on any atom is -0.208 e. The third-order valence-corrected chi connectivity index (χ3v) is 2.21. The van der Waals surface area contributed by atoms with Gasteiger partial charge in [-0.3, -0.25) is 0 Å². The Kier molecular flexibility index (Phi) is 3.07. The highest BCUT2D eigenvalue weighted by atomic mass is 14.9. The van der Waals surface area contributed by atoms with Crippen molar-refractivity contribution >= 4 is 0 Å². The average Bonchev–Trinajstić information content (AvgIpc) is 2.02. The van der Waals surface area contributed by atoms with Crippen LogP contribution in [-0.2, 0) is 13.5 Å². The van der Waals surface area contributed by atoms with Crippen LogP contribution in [0.1, 0.15) is 32.8 Å². The van der Waals surface area contributed by atoms with E-state index in [1.807, 2.05) is 7.05 Å². The molecule has 0 aromatic carbocycles. The van der Waals surface area contributed by atoms with Gasteiger partial charge in [-0.15, -0.1) is 0 Å². The molecule has 1 heterocycles. The van der Waals surface area contributed by atoms with Gasteiger partial charge in [0.25, 0.3) is 0 Å². The van der Waals surface area contributed by atoms with E-state index in [1.54, 1.807) is 0 Å². The highest BCUT2D eigenvalue weighted by Gasteiger charge is 2.09. The van der Waals surface area contributed by atoms with E-state index in [0.29, 0.717) is 5.41 Å². The molecule has 0 aliphatic heterocycles. The summed E-state index contributed by atoms with van der Waals surface area (Å²) in [6.45, 7) is 6.86. The predicted octanol–water partition coefficient (Wildman–Crippen LogP) is 2.49. The molecule has 1 aromatic heterocycles. The summed E-state index contributed by atoms with van der Waals surface area (Å²) < 4.78 is 2.07. The van der Waals surface area contributed by atoms with Crippen LogP contribution in [0.3, 0.4) is 0 Å². The fourth-order valence-electron chi connectivity index (χ4n) is 1.22. The van der Waals surface area contributed by atoms with Crippen molar-refractivity contribution in [3.8, 4) is 0 Å². The second-order valence-corrected chi connectivity index (χ2v) is 4.93. The van der Waals surface area contributed by atoms with Gasteiger partial charge in [0, 0.05) is 12.1 Å². The third-order valence-electron chi connectivity index (χ3n) is 2.21. The first kappa shape index (κ1) is 10.2. The van der Waals surface area contributed by atoms with E-state index in [2.05, 4.69) is 49.9 Å². The van der Waals surface area contributed by atoms with Gasteiger partial charge in [0.1, 0.15) is 7.05 Å². The summed E-state index contributed by atoms with van der Waals surface area (Å²) in [6.07, 6.45) is 6.65. The molecule has 0 spiro atoms. The third kappa shape index (κ3) is 4.07. The molecule has 1 nitrogen and oxygen atoms in total. The van der Waals surface area contributed by atoms with Crippen LogP contribution >= 0.6 is 0 Å². The molecule has 0 unspecified atom stereocenters. The van der Waals surface area contributed by atoms with Crippen molar-refractivity contribution in [2.75, 3.05) is 0 Å². The Hall–Kier alpha value is -0.850. The Labute approximate surface area is 81.4 Å². The molecule has 0 fully saturated rings. The fourth-order valence-corrected chi connectivity index (χ4v) is 1.22. The van der Waals surface area contributed by atoms with Gasteiger partial charge in [-0.1, -0.05) is 20.8 Å². The van der Waals surface area contributed by atoms with Crippen LogP contribution in [0.5, 0.6) is 0 Å². The van der Waals surface area contributed by atoms with Gasteiger partial charge in [0.15, 0.2) is 12.4 Å². The highest BCUT2D eigenvalue weighted by Crippen LogP contribution is 2.20. The summed E-state index contributed by atoms with van der Waals surface area (Å²) >= 11 is 0. The monoisotopic (exact) mass is 178 g/mol. The zero-order valence-corrected chi connectivity index (χ0v) is 9.17. The van der Waals surface area contributed by atoms with E-state index < -0.39 is 0 Å². The van der Waals surface area contributed by atoms with Gasteiger partial charge in [-0.25, -0.2) is 4.57 Å². The molecular weight excluding hydrogens is 158 g/mol.